The maximum Gasteiger partial charge on any atom is 0.410 e. The number of nitrogens with zero attached hydrogens (tertiary/aromatic N) is 2. The lowest BCUT2D eigenvalue weighted by atomic mass is 9.71. The molecule has 5 nitrogen and oxygen atoms in total. The maximum absolute atomic E-state index is 14.2. The third-order valence-corrected chi connectivity index (χ3v) is 6.32. The van der Waals surface area contributed by atoms with E-state index in [-0.39, 0.29) is 24.0 Å². The molecule has 2 aromatic rings. The van der Waals surface area contributed by atoms with Crippen LogP contribution in [0.15, 0.2) is 48.5 Å². The first-order valence-electron chi connectivity index (χ1n) is 11.1. The van der Waals surface area contributed by atoms with Crippen molar-refractivity contribution in [2.24, 2.45) is 5.92 Å². The number of anilines is 2. The summed E-state index contributed by atoms with van der Waals surface area (Å²) in [6.45, 7) is 12.3. The van der Waals surface area contributed by atoms with Crippen LogP contribution in [0.1, 0.15) is 52.2 Å². The molecule has 2 atom stereocenters. The molecular formula is C26H32N2O3. The molecule has 0 saturated carbocycles. The van der Waals surface area contributed by atoms with Crippen molar-refractivity contribution in [1.82, 2.24) is 4.90 Å². The van der Waals surface area contributed by atoms with E-state index in [0.29, 0.717) is 13.0 Å². The molecule has 1 fully saturated rings. The molecule has 0 aromatic heterocycles. The third-order valence-electron chi connectivity index (χ3n) is 6.32. The molecule has 0 N–H and O–H groups in total. The van der Waals surface area contributed by atoms with E-state index in [1.165, 1.54) is 0 Å². The Morgan fingerprint density at radius 1 is 1.13 bits per heavy atom. The number of carbonyl (C=O) groups excluding carboxylic acids is 2. The van der Waals surface area contributed by atoms with Crippen LogP contribution in [0, 0.1) is 12.8 Å². The van der Waals surface area contributed by atoms with E-state index in [1.54, 1.807) is 4.90 Å². The highest BCUT2D eigenvalue weighted by Gasteiger charge is 2.62. The van der Waals surface area contributed by atoms with Gasteiger partial charge in [0.1, 0.15) is 5.60 Å². The minimum Gasteiger partial charge on any atom is -0.444 e. The summed E-state index contributed by atoms with van der Waals surface area (Å²) in [4.78, 5) is 30.9. The first-order valence-corrected chi connectivity index (χ1v) is 11.1. The molecule has 1 spiro atoms. The fraction of sp³-hybridized carbons (Fsp3) is 0.462. The Bertz CT molecular complexity index is 1020. The Hall–Kier alpha value is -2.82. The summed E-state index contributed by atoms with van der Waals surface area (Å²) in [6, 6.07) is 15.8. The van der Waals surface area contributed by atoms with Crippen molar-refractivity contribution in [2.45, 2.75) is 65.0 Å². The van der Waals surface area contributed by atoms with E-state index in [4.69, 9.17) is 4.74 Å². The molecule has 2 heterocycles. The van der Waals surface area contributed by atoms with Gasteiger partial charge in [0.25, 0.3) is 0 Å². The van der Waals surface area contributed by atoms with Crippen LogP contribution in [0.4, 0.5) is 16.2 Å². The monoisotopic (exact) mass is 420 g/mol. The lowest BCUT2D eigenvalue weighted by molar-refractivity contribution is -0.123. The minimum atomic E-state index is -0.772. The van der Waals surface area contributed by atoms with Crippen LogP contribution in [0.3, 0.4) is 0 Å². The summed E-state index contributed by atoms with van der Waals surface area (Å²) in [5.74, 6) is 0.133. The van der Waals surface area contributed by atoms with Crippen molar-refractivity contribution in [2.75, 3.05) is 11.4 Å². The van der Waals surface area contributed by atoms with Crippen LogP contribution < -0.4 is 4.90 Å². The Morgan fingerprint density at radius 2 is 1.84 bits per heavy atom. The van der Waals surface area contributed by atoms with Crippen molar-refractivity contribution in [3.63, 3.8) is 0 Å². The van der Waals surface area contributed by atoms with Crippen LogP contribution in [0.5, 0.6) is 0 Å². The number of carbonyl (C=O) groups is 2. The molecule has 0 bridgehead atoms. The minimum absolute atomic E-state index is 0.0454. The van der Waals surface area contributed by atoms with Crippen molar-refractivity contribution < 1.29 is 14.3 Å². The van der Waals surface area contributed by atoms with Gasteiger partial charge >= 0.3 is 6.09 Å². The molecule has 0 aliphatic carbocycles. The van der Waals surface area contributed by atoms with Gasteiger partial charge in [-0.25, -0.2) is 4.79 Å². The van der Waals surface area contributed by atoms with Gasteiger partial charge in [0.2, 0.25) is 5.91 Å². The number of likely N-dealkylation sites (tertiary alicyclic amines) is 1. The Labute approximate surface area is 185 Å². The van der Waals surface area contributed by atoms with Gasteiger partial charge in [-0.2, -0.15) is 0 Å². The second kappa shape index (κ2) is 7.40. The Morgan fingerprint density at radius 3 is 2.48 bits per heavy atom. The van der Waals surface area contributed by atoms with Gasteiger partial charge in [0, 0.05) is 12.2 Å². The number of rotatable bonds is 2. The van der Waals surface area contributed by atoms with Crippen molar-refractivity contribution in [3.8, 4) is 0 Å². The number of benzene rings is 2. The van der Waals surface area contributed by atoms with Gasteiger partial charge in [0.15, 0.2) is 0 Å². The fourth-order valence-electron chi connectivity index (χ4n) is 5.32. The standard InChI is InChI=1S/C26H32N2O3/c1-17(2)22-26(14-15-27(22)24(30)31-25(4,5)6)20-12-7-8-13-21(20)28(23(26)29)19-11-9-10-18(3)16-19/h7-13,16-17,22H,14-15H2,1-6H3/t22-,26-/m0/s1. The fourth-order valence-corrected chi connectivity index (χ4v) is 5.32. The van der Waals surface area contributed by atoms with E-state index >= 15 is 0 Å². The van der Waals surface area contributed by atoms with Crippen LogP contribution in [-0.2, 0) is 14.9 Å². The number of aryl methyl sites for hydroxylation is 1. The van der Waals surface area contributed by atoms with Crippen LogP contribution in [0.25, 0.3) is 0 Å². The predicted molar refractivity (Wildman–Crippen MR) is 123 cm³/mol. The van der Waals surface area contributed by atoms with Gasteiger partial charge in [0.05, 0.1) is 17.1 Å². The SMILES string of the molecule is Cc1cccc(N2C(=O)[C@@]3(CCN(C(=O)OC(C)(C)C)[C@H]3C(C)C)c3ccccc32)c1. The van der Waals surface area contributed by atoms with Crippen molar-refractivity contribution >= 4 is 23.4 Å². The van der Waals surface area contributed by atoms with E-state index in [2.05, 4.69) is 19.9 Å². The summed E-state index contributed by atoms with van der Waals surface area (Å²) in [5, 5.41) is 0. The highest BCUT2D eigenvalue weighted by molar-refractivity contribution is 6.14. The molecule has 2 amide bonds. The van der Waals surface area contributed by atoms with Gasteiger partial charge in [-0.3, -0.25) is 9.69 Å². The Balaban J connectivity index is 1.84. The number of hydrogen-bond donors (Lipinski definition) is 0. The first-order chi connectivity index (χ1) is 14.6. The summed E-state index contributed by atoms with van der Waals surface area (Å²) in [5.41, 5.74) is 2.53. The van der Waals surface area contributed by atoms with E-state index in [0.717, 1.165) is 22.5 Å². The van der Waals surface area contributed by atoms with E-state index < -0.39 is 11.0 Å². The zero-order valence-corrected chi connectivity index (χ0v) is 19.3. The van der Waals surface area contributed by atoms with Crippen molar-refractivity contribution in [1.29, 1.82) is 0 Å². The quantitative estimate of drug-likeness (QED) is 0.638. The average Bonchev–Trinajstić information content (AvgIpc) is 3.19. The van der Waals surface area contributed by atoms with Crippen molar-refractivity contribution in [3.05, 3.63) is 59.7 Å². The molecule has 1 saturated heterocycles. The smallest absolute Gasteiger partial charge is 0.410 e. The van der Waals surface area contributed by atoms with Gasteiger partial charge in [-0.05, 0) is 69.4 Å². The zero-order valence-electron chi connectivity index (χ0n) is 19.3. The number of fused-ring (bicyclic) bond motifs is 2. The van der Waals surface area contributed by atoms with Crippen LogP contribution in [-0.4, -0.2) is 35.1 Å². The number of hydrogen-bond acceptors (Lipinski definition) is 3. The molecule has 4 rings (SSSR count). The van der Waals surface area contributed by atoms with Gasteiger partial charge in [-0.1, -0.05) is 44.2 Å². The Kier molecular flexibility index (Phi) is 5.11. The average molecular weight is 421 g/mol. The highest BCUT2D eigenvalue weighted by atomic mass is 16.6. The first kappa shape index (κ1) is 21.4. The van der Waals surface area contributed by atoms with Gasteiger partial charge in [-0.15, -0.1) is 0 Å². The molecule has 0 unspecified atom stereocenters. The van der Waals surface area contributed by atoms with Crippen LogP contribution in [0.2, 0.25) is 0 Å². The summed E-state index contributed by atoms with van der Waals surface area (Å²) in [6.07, 6.45) is 0.245. The molecule has 2 aliphatic rings. The summed E-state index contributed by atoms with van der Waals surface area (Å²) in [7, 11) is 0. The molecule has 2 aliphatic heterocycles. The lowest BCUT2D eigenvalue weighted by Gasteiger charge is -2.37. The second-order valence-corrected chi connectivity index (χ2v) is 10.1. The molecule has 0 radical (unpaired) electrons. The largest absolute Gasteiger partial charge is 0.444 e. The van der Waals surface area contributed by atoms with Crippen LogP contribution >= 0.6 is 0 Å². The number of para-hydroxylation sites is 1. The molecule has 5 heteroatoms. The molecule has 31 heavy (non-hydrogen) atoms. The lowest BCUT2D eigenvalue weighted by Crippen LogP contribution is -2.53. The maximum atomic E-state index is 14.2. The molecule has 2 aromatic carbocycles. The number of ether oxygens (including phenoxy) is 1. The summed E-state index contributed by atoms with van der Waals surface area (Å²) >= 11 is 0. The summed E-state index contributed by atoms with van der Waals surface area (Å²) < 4.78 is 5.72. The highest BCUT2D eigenvalue weighted by Crippen LogP contribution is 2.54. The molecular weight excluding hydrogens is 388 g/mol. The second-order valence-electron chi connectivity index (χ2n) is 10.1. The zero-order chi connectivity index (χ0) is 22.6. The number of amides is 2. The predicted octanol–water partition coefficient (Wildman–Crippen LogP) is 5.58. The third kappa shape index (κ3) is 3.40. The van der Waals surface area contributed by atoms with E-state index in [1.807, 2.05) is 75.1 Å². The topological polar surface area (TPSA) is 49.9 Å². The van der Waals surface area contributed by atoms with Gasteiger partial charge < -0.3 is 9.64 Å². The molecule has 164 valence electrons. The normalized spacial score (nSPS) is 23.1. The van der Waals surface area contributed by atoms with E-state index in [9.17, 15) is 9.59 Å².